The lowest BCUT2D eigenvalue weighted by Gasteiger charge is -2.25. The van der Waals surface area contributed by atoms with Gasteiger partial charge < -0.3 is 9.51 Å². The highest BCUT2D eigenvalue weighted by molar-refractivity contribution is 5.38. The molecule has 1 N–H and O–H groups in total. The quantitative estimate of drug-likeness (QED) is 0.875. The number of hydrogen-bond acceptors (Lipinski definition) is 3. The highest BCUT2D eigenvalue weighted by Gasteiger charge is 2.52. The minimum atomic E-state index is -4.78. The third kappa shape index (κ3) is 3.09. The molecule has 2 aromatic rings. The first-order chi connectivity index (χ1) is 8.73. The molecule has 0 saturated carbocycles. The first-order valence-corrected chi connectivity index (χ1v) is 5.83. The Labute approximate surface area is 116 Å². The van der Waals surface area contributed by atoms with E-state index < -0.39 is 17.5 Å². The molecule has 0 amide bonds. The number of aryl methyl sites for hydroxylation is 1. The fraction of sp³-hybridized carbons (Fsp3) is 0.538. The second kappa shape index (κ2) is 6.21. The van der Waals surface area contributed by atoms with Gasteiger partial charge in [0.2, 0.25) is 5.60 Å². The number of alkyl halides is 3. The predicted molar refractivity (Wildman–Crippen MR) is 71.4 cm³/mol. The topological polar surface area (TPSA) is 50.4 Å². The monoisotopic (exact) mass is 291 g/mol. The smallest absolute Gasteiger partial charge is 0.375 e. The molecule has 4 nitrogen and oxygen atoms in total. The van der Waals surface area contributed by atoms with Crippen LogP contribution in [-0.4, -0.2) is 25.7 Å². The fourth-order valence-corrected chi connectivity index (χ4v) is 1.41. The summed E-state index contributed by atoms with van der Waals surface area (Å²) in [7, 11) is 0. The fourth-order valence-electron chi connectivity index (χ4n) is 1.41. The van der Waals surface area contributed by atoms with E-state index in [-0.39, 0.29) is 7.43 Å². The van der Waals surface area contributed by atoms with E-state index in [1.165, 1.54) is 16.8 Å². The molecule has 2 heterocycles. The van der Waals surface area contributed by atoms with Gasteiger partial charge in [-0.05, 0) is 13.8 Å². The Morgan fingerprint density at radius 2 is 1.70 bits per heavy atom. The van der Waals surface area contributed by atoms with Crippen molar-refractivity contribution in [3.63, 3.8) is 0 Å². The number of hydrogen-bond donors (Lipinski definition) is 1. The summed E-state index contributed by atoms with van der Waals surface area (Å²) in [5.41, 5.74) is -2.33. The van der Waals surface area contributed by atoms with Crippen LogP contribution in [0.4, 0.5) is 13.2 Å². The first kappa shape index (κ1) is 18.4. The van der Waals surface area contributed by atoms with E-state index in [0.717, 1.165) is 6.20 Å². The molecule has 2 aromatic heterocycles. The van der Waals surface area contributed by atoms with Crippen LogP contribution in [0.5, 0.6) is 0 Å². The standard InChI is InChI=1S/C10H10F3N3O.C2H6.CH4/c1-6-3-15-8-4-14-7(5-16(6)8)9(2,17)10(11,12)13;1-2;/h3-5,17H,1-2H3;1-2H3;1H4. The first-order valence-electron chi connectivity index (χ1n) is 5.83. The molecular formula is C13H20F3N3O. The zero-order chi connectivity index (χ0) is 14.8. The van der Waals surface area contributed by atoms with Gasteiger partial charge in [0.1, 0.15) is 0 Å². The second-order valence-electron chi connectivity index (χ2n) is 3.97. The normalized spacial score (nSPS) is 14.0. The summed E-state index contributed by atoms with van der Waals surface area (Å²) in [6, 6.07) is 0. The van der Waals surface area contributed by atoms with E-state index in [1.807, 2.05) is 13.8 Å². The van der Waals surface area contributed by atoms with Crippen molar-refractivity contribution in [1.82, 2.24) is 14.4 Å². The second-order valence-corrected chi connectivity index (χ2v) is 3.97. The number of aliphatic hydroxyl groups is 1. The van der Waals surface area contributed by atoms with Crippen LogP contribution in [0.3, 0.4) is 0 Å². The summed E-state index contributed by atoms with van der Waals surface area (Å²) in [6.07, 6.45) is -0.918. The Kier molecular flexibility index (Phi) is 5.71. The Bertz CT molecular complexity index is 561. The zero-order valence-corrected chi connectivity index (χ0v) is 11.2. The number of fused-ring (bicyclic) bond motifs is 1. The summed E-state index contributed by atoms with van der Waals surface area (Å²) in [5.74, 6) is 0. The van der Waals surface area contributed by atoms with Crippen molar-refractivity contribution in [1.29, 1.82) is 0 Å². The molecule has 0 radical (unpaired) electrons. The minimum absolute atomic E-state index is 0. The van der Waals surface area contributed by atoms with Gasteiger partial charge in [-0.15, -0.1) is 0 Å². The maximum atomic E-state index is 12.6. The van der Waals surface area contributed by atoms with Gasteiger partial charge in [0, 0.05) is 18.1 Å². The average Bonchev–Trinajstić information content (AvgIpc) is 2.72. The molecule has 0 aliphatic rings. The molecule has 114 valence electrons. The molecule has 0 aliphatic carbocycles. The van der Waals surface area contributed by atoms with Gasteiger partial charge in [-0.2, -0.15) is 13.2 Å². The molecule has 1 atom stereocenters. The predicted octanol–water partition coefficient (Wildman–Crippen LogP) is 3.47. The van der Waals surface area contributed by atoms with Crippen molar-refractivity contribution in [3.05, 3.63) is 30.0 Å². The molecule has 20 heavy (non-hydrogen) atoms. The van der Waals surface area contributed by atoms with Crippen LogP contribution in [0.2, 0.25) is 0 Å². The van der Waals surface area contributed by atoms with Crippen LogP contribution >= 0.6 is 0 Å². The number of nitrogens with zero attached hydrogens (tertiary/aromatic N) is 3. The molecule has 0 fully saturated rings. The number of rotatable bonds is 1. The maximum Gasteiger partial charge on any atom is 0.422 e. The summed E-state index contributed by atoms with van der Waals surface area (Å²) >= 11 is 0. The SMILES string of the molecule is C.CC.Cc1cnc2cnc(C(C)(O)C(F)(F)F)cn12. The number of halogens is 3. The molecule has 0 bridgehead atoms. The Hall–Kier alpha value is -1.63. The van der Waals surface area contributed by atoms with Crippen LogP contribution in [-0.2, 0) is 5.60 Å². The molecule has 0 saturated heterocycles. The highest BCUT2D eigenvalue weighted by Crippen LogP contribution is 2.37. The molecule has 0 aliphatic heterocycles. The average molecular weight is 291 g/mol. The lowest BCUT2D eigenvalue weighted by molar-refractivity contribution is -0.260. The van der Waals surface area contributed by atoms with E-state index in [1.54, 1.807) is 6.92 Å². The van der Waals surface area contributed by atoms with Gasteiger partial charge in [0.25, 0.3) is 0 Å². The van der Waals surface area contributed by atoms with Gasteiger partial charge in [-0.3, -0.25) is 4.98 Å². The lowest BCUT2D eigenvalue weighted by Crippen LogP contribution is -2.40. The van der Waals surface area contributed by atoms with Crippen molar-refractivity contribution in [2.75, 3.05) is 0 Å². The molecule has 2 rings (SSSR count). The molecule has 7 heteroatoms. The Morgan fingerprint density at radius 3 is 2.20 bits per heavy atom. The van der Waals surface area contributed by atoms with E-state index >= 15 is 0 Å². The van der Waals surface area contributed by atoms with Crippen LogP contribution in [0.25, 0.3) is 5.65 Å². The van der Waals surface area contributed by atoms with Gasteiger partial charge in [-0.1, -0.05) is 21.3 Å². The lowest BCUT2D eigenvalue weighted by atomic mass is 10.0. The third-order valence-electron chi connectivity index (χ3n) is 2.63. The number of imidazole rings is 1. The van der Waals surface area contributed by atoms with Crippen molar-refractivity contribution in [2.45, 2.75) is 46.9 Å². The van der Waals surface area contributed by atoms with E-state index in [9.17, 15) is 18.3 Å². The summed E-state index contributed by atoms with van der Waals surface area (Å²) in [6.45, 7) is 6.37. The van der Waals surface area contributed by atoms with Crippen molar-refractivity contribution in [3.8, 4) is 0 Å². The van der Waals surface area contributed by atoms with Crippen molar-refractivity contribution >= 4 is 5.65 Å². The summed E-state index contributed by atoms with van der Waals surface area (Å²) in [4.78, 5) is 7.55. The number of aromatic nitrogens is 3. The van der Waals surface area contributed by atoms with Crippen LogP contribution in [0.1, 0.15) is 39.6 Å². The van der Waals surface area contributed by atoms with Crippen LogP contribution < -0.4 is 0 Å². The van der Waals surface area contributed by atoms with Crippen LogP contribution in [0.15, 0.2) is 18.6 Å². The summed E-state index contributed by atoms with van der Waals surface area (Å²) < 4.78 is 39.3. The van der Waals surface area contributed by atoms with E-state index in [2.05, 4.69) is 9.97 Å². The highest BCUT2D eigenvalue weighted by atomic mass is 19.4. The third-order valence-corrected chi connectivity index (χ3v) is 2.63. The van der Waals surface area contributed by atoms with E-state index in [4.69, 9.17) is 0 Å². The van der Waals surface area contributed by atoms with Gasteiger partial charge in [0.05, 0.1) is 11.9 Å². The van der Waals surface area contributed by atoms with Crippen molar-refractivity contribution < 1.29 is 18.3 Å². The maximum absolute atomic E-state index is 12.6. The Morgan fingerprint density at radius 1 is 1.15 bits per heavy atom. The molecule has 0 spiro atoms. The zero-order valence-electron chi connectivity index (χ0n) is 11.2. The minimum Gasteiger partial charge on any atom is -0.375 e. The Balaban J connectivity index is 0.00000115. The summed E-state index contributed by atoms with van der Waals surface area (Å²) in [5, 5.41) is 9.49. The molecule has 0 aromatic carbocycles. The van der Waals surface area contributed by atoms with Crippen molar-refractivity contribution in [2.24, 2.45) is 0 Å². The largest absolute Gasteiger partial charge is 0.422 e. The van der Waals surface area contributed by atoms with E-state index in [0.29, 0.717) is 18.3 Å². The van der Waals surface area contributed by atoms with Gasteiger partial charge in [-0.25, -0.2) is 4.98 Å². The molecule has 1 unspecified atom stereocenters. The van der Waals surface area contributed by atoms with Gasteiger partial charge >= 0.3 is 6.18 Å². The van der Waals surface area contributed by atoms with Crippen LogP contribution in [0, 0.1) is 6.92 Å². The van der Waals surface area contributed by atoms with Gasteiger partial charge in [0.15, 0.2) is 5.65 Å². The molecular weight excluding hydrogens is 271 g/mol.